The lowest BCUT2D eigenvalue weighted by Gasteiger charge is -1.99. The van der Waals surface area contributed by atoms with Crippen LogP contribution in [0.2, 0.25) is 0 Å². The van der Waals surface area contributed by atoms with Gasteiger partial charge in [0.1, 0.15) is 0 Å². The van der Waals surface area contributed by atoms with Gasteiger partial charge in [-0.3, -0.25) is 0 Å². The zero-order valence-electron chi connectivity index (χ0n) is 14.7. The molecule has 0 aromatic heterocycles. The van der Waals surface area contributed by atoms with E-state index in [0.29, 0.717) is 0 Å². The lowest BCUT2D eigenvalue weighted by Crippen LogP contribution is -1.78. The van der Waals surface area contributed by atoms with Crippen molar-refractivity contribution in [2.75, 3.05) is 0 Å². The summed E-state index contributed by atoms with van der Waals surface area (Å²) >= 11 is 0. The van der Waals surface area contributed by atoms with Gasteiger partial charge in [-0.25, -0.2) is 0 Å². The summed E-state index contributed by atoms with van der Waals surface area (Å²) in [6.07, 6.45) is 16.8. The van der Waals surface area contributed by atoms with Crippen LogP contribution in [0, 0.1) is 0 Å². The predicted molar refractivity (Wildman–Crippen MR) is 115 cm³/mol. The van der Waals surface area contributed by atoms with E-state index in [9.17, 15) is 0 Å². The van der Waals surface area contributed by atoms with Crippen LogP contribution in [0.5, 0.6) is 0 Å². The van der Waals surface area contributed by atoms with Crippen molar-refractivity contribution in [1.29, 1.82) is 0 Å². The number of allylic oxidation sites excluding steroid dienone is 4. The van der Waals surface area contributed by atoms with Crippen molar-refractivity contribution in [3.63, 3.8) is 0 Å². The third kappa shape index (κ3) is 5.61. The van der Waals surface area contributed by atoms with E-state index in [1.54, 1.807) is 0 Å². The minimum atomic E-state index is 1.20. The first kappa shape index (κ1) is 17.4. The molecule has 3 aromatic rings. The van der Waals surface area contributed by atoms with Crippen LogP contribution in [0.4, 0.5) is 0 Å². The Kier molecular flexibility index (Phi) is 6.58. The average molecular weight is 334 g/mol. The summed E-state index contributed by atoms with van der Waals surface area (Å²) in [5.41, 5.74) is 4.82. The van der Waals surface area contributed by atoms with Gasteiger partial charge in [0.05, 0.1) is 0 Å². The summed E-state index contributed by atoms with van der Waals surface area (Å²) < 4.78 is 0. The Morgan fingerprint density at radius 3 is 1.12 bits per heavy atom. The van der Waals surface area contributed by atoms with E-state index in [4.69, 9.17) is 0 Å². The molecule has 0 heterocycles. The maximum Gasteiger partial charge on any atom is -0.0184 e. The Balaban J connectivity index is 1.66. The first-order valence-electron chi connectivity index (χ1n) is 8.80. The molecule has 0 amide bonds. The first-order chi connectivity index (χ1) is 12.9. The molecule has 0 saturated heterocycles. The molecular formula is C26H22. The monoisotopic (exact) mass is 334 g/mol. The molecule has 0 spiro atoms. The Morgan fingerprint density at radius 2 is 0.692 bits per heavy atom. The molecule has 0 radical (unpaired) electrons. The van der Waals surface area contributed by atoms with E-state index >= 15 is 0 Å². The van der Waals surface area contributed by atoms with E-state index in [1.165, 1.54) is 22.3 Å². The van der Waals surface area contributed by atoms with Gasteiger partial charge >= 0.3 is 0 Å². The van der Waals surface area contributed by atoms with Crippen molar-refractivity contribution in [2.24, 2.45) is 0 Å². The number of rotatable bonds is 6. The van der Waals surface area contributed by atoms with Gasteiger partial charge in [-0.05, 0) is 22.3 Å². The topological polar surface area (TPSA) is 0 Å². The van der Waals surface area contributed by atoms with E-state index in [1.807, 2.05) is 36.4 Å². The first-order valence-corrected chi connectivity index (χ1v) is 8.80. The highest BCUT2D eigenvalue weighted by atomic mass is 14.0. The van der Waals surface area contributed by atoms with Gasteiger partial charge in [0.15, 0.2) is 0 Å². The number of hydrogen-bond acceptors (Lipinski definition) is 0. The molecule has 0 unspecified atom stereocenters. The fourth-order valence-corrected chi connectivity index (χ4v) is 2.59. The second-order valence-corrected chi connectivity index (χ2v) is 5.89. The lowest BCUT2D eigenvalue weighted by atomic mass is 10.1. The molecule has 0 N–H and O–H groups in total. The van der Waals surface area contributed by atoms with E-state index in [2.05, 4.69) is 97.1 Å². The summed E-state index contributed by atoms with van der Waals surface area (Å²) in [6, 6.07) is 29.0. The van der Waals surface area contributed by atoms with Gasteiger partial charge in [0.2, 0.25) is 0 Å². The van der Waals surface area contributed by atoms with Crippen molar-refractivity contribution >= 4 is 24.3 Å². The fraction of sp³-hybridized carbons (Fsp3) is 0. The molecule has 0 atom stereocenters. The van der Waals surface area contributed by atoms with Gasteiger partial charge in [-0.15, -0.1) is 0 Å². The minimum Gasteiger partial charge on any atom is -0.0622 e. The van der Waals surface area contributed by atoms with Crippen LogP contribution in [-0.4, -0.2) is 0 Å². The highest BCUT2D eigenvalue weighted by molar-refractivity contribution is 5.68. The van der Waals surface area contributed by atoms with E-state index in [-0.39, 0.29) is 0 Å². The SMILES string of the molecule is C(C=Cc1ccccc1/C=C/C=C/c1ccccc1)=Cc1ccccc1. The quantitative estimate of drug-likeness (QED) is 0.420. The van der Waals surface area contributed by atoms with Crippen molar-refractivity contribution in [3.8, 4) is 0 Å². The maximum atomic E-state index is 2.14. The third-order valence-electron chi connectivity index (χ3n) is 3.95. The highest BCUT2D eigenvalue weighted by Crippen LogP contribution is 2.13. The summed E-state index contributed by atoms with van der Waals surface area (Å²) in [5, 5.41) is 0. The standard InChI is InChI=1S/C26H22/c1-3-13-23(14-4-1)17-7-9-19-25-21-11-12-22-26(25)20-10-8-18-24-15-5-2-6-16-24/h1-22H/b17-7+,18-8?,19-9+,20-10?. The van der Waals surface area contributed by atoms with Crippen LogP contribution in [0.1, 0.15) is 22.3 Å². The van der Waals surface area contributed by atoms with Gasteiger partial charge in [-0.2, -0.15) is 0 Å². The smallest absolute Gasteiger partial charge is 0.0184 e. The summed E-state index contributed by atoms with van der Waals surface area (Å²) in [5.74, 6) is 0. The largest absolute Gasteiger partial charge is 0.0622 e. The second kappa shape index (κ2) is 9.80. The summed E-state index contributed by atoms with van der Waals surface area (Å²) in [4.78, 5) is 0. The van der Waals surface area contributed by atoms with Crippen molar-refractivity contribution in [2.45, 2.75) is 0 Å². The Hall–Kier alpha value is -3.38. The van der Waals surface area contributed by atoms with Gasteiger partial charge in [0.25, 0.3) is 0 Å². The second-order valence-electron chi connectivity index (χ2n) is 5.89. The van der Waals surface area contributed by atoms with Crippen molar-refractivity contribution in [3.05, 3.63) is 131 Å². The number of benzene rings is 3. The molecule has 3 aromatic carbocycles. The van der Waals surface area contributed by atoms with E-state index < -0.39 is 0 Å². The van der Waals surface area contributed by atoms with Crippen LogP contribution in [0.25, 0.3) is 24.3 Å². The molecule has 0 aliphatic rings. The van der Waals surface area contributed by atoms with Crippen LogP contribution in [0.3, 0.4) is 0 Å². The predicted octanol–water partition coefficient (Wildman–Crippen LogP) is 7.14. The molecule has 0 nitrogen and oxygen atoms in total. The molecule has 26 heavy (non-hydrogen) atoms. The molecular weight excluding hydrogens is 312 g/mol. The van der Waals surface area contributed by atoms with E-state index in [0.717, 1.165) is 0 Å². The Bertz CT molecular complexity index is 832. The Morgan fingerprint density at radius 1 is 0.346 bits per heavy atom. The van der Waals surface area contributed by atoms with Crippen LogP contribution < -0.4 is 0 Å². The molecule has 0 bridgehead atoms. The normalized spacial score (nSPS) is 12.0. The minimum absolute atomic E-state index is 1.20. The zero-order valence-corrected chi connectivity index (χ0v) is 14.7. The molecule has 0 aliphatic carbocycles. The van der Waals surface area contributed by atoms with Crippen molar-refractivity contribution < 1.29 is 0 Å². The molecule has 0 saturated carbocycles. The maximum absolute atomic E-state index is 2.14. The lowest BCUT2D eigenvalue weighted by molar-refractivity contribution is 1.61. The van der Waals surface area contributed by atoms with Gasteiger partial charge in [0, 0.05) is 0 Å². The number of hydrogen-bond donors (Lipinski definition) is 0. The third-order valence-corrected chi connectivity index (χ3v) is 3.95. The average Bonchev–Trinajstić information content (AvgIpc) is 2.71. The van der Waals surface area contributed by atoms with Crippen LogP contribution >= 0.6 is 0 Å². The molecule has 3 rings (SSSR count). The summed E-state index contributed by atoms with van der Waals surface area (Å²) in [6.45, 7) is 0. The van der Waals surface area contributed by atoms with Crippen LogP contribution in [-0.2, 0) is 0 Å². The summed E-state index contributed by atoms with van der Waals surface area (Å²) in [7, 11) is 0. The molecule has 0 fully saturated rings. The molecule has 0 aliphatic heterocycles. The molecule has 0 heteroatoms. The van der Waals surface area contributed by atoms with Gasteiger partial charge in [-0.1, -0.05) is 134 Å². The van der Waals surface area contributed by atoms with Crippen molar-refractivity contribution in [1.82, 2.24) is 0 Å². The fourth-order valence-electron chi connectivity index (χ4n) is 2.59. The highest BCUT2D eigenvalue weighted by Gasteiger charge is 1.92. The zero-order chi connectivity index (χ0) is 17.9. The Labute approximate surface area is 156 Å². The van der Waals surface area contributed by atoms with Gasteiger partial charge < -0.3 is 0 Å². The molecule has 126 valence electrons. The van der Waals surface area contributed by atoms with Crippen LogP contribution in [0.15, 0.2) is 109 Å².